The Labute approximate surface area is 180 Å². The lowest BCUT2D eigenvalue weighted by Gasteiger charge is -2.19. The molecule has 2 saturated heterocycles. The molecule has 4 rings (SSSR count). The van der Waals surface area contributed by atoms with Gasteiger partial charge in [-0.1, -0.05) is 23.2 Å². The highest BCUT2D eigenvalue weighted by Crippen LogP contribution is 2.30. The summed E-state index contributed by atoms with van der Waals surface area (Å²) in [7, 11) is 0. The second-order valence-electron chi connectivity index (χ2n) is 6.54. The van der Waals surface area contributed by atoms with Crippen LogP contribution >= 0.6 is 48.0 Å². The number of nitrogens with zero attached hydrogens (tertiary/aromatic N) is 2. The van der Waals surface area contributed by atoms with Crippen LogP contribution in [0.1, 0.15) is 10.4 Å². The average Bonchev–Trinajstić information content (AvgIpc) is 3.20. The van der Waals surface area contributed by atoms with Crippen LogP contribution in [-0.4, -0.2) is 42.0 Å². The topological polar surface area (TPSA) is 57.3 Å². The Morgan fingerprint density at radius 2 is 1.81 bits per heavy atom. The number of hydrogen-bond donors (Lipinski definition) is 2. The molecule has 0 aliphatic carbocycles. The maximum Gasteiger partial charge on any atom is 0.257 e. The zero-order chi connectivity index (χ0) is 17.4. The van der Waals surface area contributed by atoms with Crippen LogP contribution in [0.2, 0.25) is 10.0 Å². The molecule has 146 valence electrons. The van der Waals surface area contributed by atoms with Crippen molar-refractivity contribution in [2.45, 2.75) is 0 Å². The van der Waals surface area contributed by atoms with Gasteiger partial charge in [-0.2, -0.15) is 0 Å². The molecule has 0 saturated carbocycles. The Morgan fingerprint density at radius 3 is 2.48 bits per heavy atom. The van der Waals surface area contributed by atoms with E-state index in [1.807, 2.05) is 17.0 Å². The fraction of sp³-hybridized carbons (Fsp3) is 0.333. The second-order valence-corrected chi connectivity index (χ2v) is 7.36. The molecular formula is C18H20Cl4N4O. The summed E-state index contributed by atoms with van der Waals surface area (Å²) in [6.07, 6.45) is 1.67. The van der Waals surface area contributed by atoms with Gasteiger partial charge in [-0.15, -0.1) is 24.8 Å². The van der Waals surface area contributed by atoms with Crippen LogP contribution in [0.25, 0.3) is 0 Å². The van der Waals surface area contributed by atoms with Crippen molar-refractivity contribution in [1.82, 2.24) is 15.2 Å². The molecule has 1 aromatic heterocycles. The highest BCUT2D eigenvalue weighted by molar-refractivity contribution is 6.42. The summed E-state index contributed by atoms with van der Waals surface area (Å²) in [5.41, 5.74) is 1.31. The third-order valence-corrected chi connectivity index (χ3v) is 5.64. The molecule has 2 fully saturated rings. The van der Waals surface area contributed by atoms with Gasteiger partial charge in [0.25, 0.3) is 5.91 Å². The Hall–Kier alpha value is -1.24. The number of benzene rings is 1. The van der Waals surface area contributed by atoms with Gasteiger partial charge in [0.1, 0.15) is 5.82 Å². The number of amides is 1. The first-order valence-electron chi connectivity index (χ1n) is 8.29. The molecule has 9 heteroatoms. The highest BCUT2D eigenvalue weighted by Gasteiger charge is 2.38. The van der Waals surface area contributed by atoms with Crippen molar-refractivity contribution < 1.29 is 4.79 Å². The predicted octanol–water partition coefficient (Wildman–Crippen LogP) is 4.27. The summed E-state index contributed by atoms with van der Waals surface area (Å²) in [6, 6.07) is 8.83. The molecule has 2 atom stereocenters. The van der Waals surface area contributed by atoms with Crippen molar-refractivity contribution in [3.8, 4) is 0 Å². The van der Waals surface area contributed by atoms with Gasteiger partial charge in [-0.25, -0.2) is 4.98 Å². The fourth-order valence-electron chi connectivity index (χ4n) is 3.58. The van der Waals surface area contributed by atoms with Crippen LogP contribution in [0.3, 0.4) is 0 Å². The normalized spacial score (nSPS) is 20.4. The molecule has 2 aromatic rings. The number of aromatic nitrogens is 1. The average molecular weight is 450 g/mol. The van der Waals surface area contributed by atoms with Gasteiger partial charge in [0.2, 0.25) is 0 Å². The first-order chi connectivity index (χ1) is 12.1. The van der Waals surface area contributed by atoms with E-state index in [0.29, 0.717) is 33.3 Å². The van der Waals surface area contributed by atoms with Crippen molar-refractivity contribution in [1.29, 1.82) is 0 Å². The Balaban J connectivity index is 0.00000131. The van der Waals surface area contributed by atoms with Crippen LogP contribution in [0.4, 0.5) is 11.5 Å². The minimum atomic E-state index is 0. The monoisotopic (exact) mass is 448 g/mol. The SMILES string of the molecule is Cl.Cl.O=C(c1cccnc1Nc1ccc(Cl)c(Cl)c1)N1C[C@H]2CNC[C@H]2C1. The van der Waals surface area contributed by atoms with Gasteiger partial charge in [-0.3, -0.25) is 4.79 Å². The van der Waals surface area contributed by atoms with Crippen LogP contribution in [0.15, 0.2) is 36.5 Å². The molecule has 0 bridgehead atoms. The number of halogens is 4. The van der Waals surface area contributed by atoms with Gasteiger partial charge in [0.05, 0.1) is 15.6 Å². The van der Waals surface area contributed by atoms with E-state index in [-0.39, 0.29) is 30.7 Å². The molecule has 27 heavy (non-hydrogen) atoms. The lowest BCUT2D eigenvalue weighted by atomic mass is 10.0. The molecule has 2 aliphatic rings. The first kappa shape index (κ1) is 22.1. The Kier molecular flexibility index (Phi) is 7.60. The van der Waals surface area contributed by atoms with Crippen LogP contribution in [0, 0.1) is 11.8 Å². The van der Waals surface area contributed by atoms with E-state index in [1.165, 1.54) is 0 Å². The zero-order valence-electron chi connectivity index (χ0n) is 14.3. The van der Waals surface area contributed by atoms with E-state index >= 15 is 0 Å². The maximum absolute atomic E-state index is 13.0. The molecule has 0 radical (unpaired) electrons. The quantitative estimate of drug-likeness (QED) is 0.734. The lowest BCUT2D eigenvalue weighted by Crippen LogP contribution is -2.32. The summed E-state index contributed by atoms with van der Waals surface area (Å²) in [6.45, 7) is 3.60. The molecule has 0 spiro atoms. The van der Waals surface area contributed by atoms with E-state index in [9.17, 15) is 4.79 Å². The van der Waals surface area contributed by atoms with Crippen LogP contribution in [-0.2, 0) is 0 Å². The highest BCUT2D eigenvalue weighted by atomic mass is 35.5. The maximum atomic E-state index is 13.0. The van der Waals surface area contributed by atoms with E-state index in [0.717, 1.165) is 31.9 Å². The number of nitrogens with one attached hydrogen (secondary N) is 2. The summed E-state index contributed by atoms with van der Waals surface area (Å²) in [5.74, 6) is 1.67. The van der Waals surface area contributed by atoms with Gasteiger partial charge in [0.15, 0.2) is 0 Å². The Bertz CT molecular complexity index is 808. The number of likely N-dealkylation sites (tertiary alicyclic amines) is 1. The number of carbonyl (C=O) groups excluding carboxylic acids is 1. The Morgan fingerprint density at radius 1 is 1.11 bits per heavy atom. The number of anilines is 2. The van der Waals surface area contributed by atoms with E-state index in [1.54, 1.807) is 24.4 Å². The molecule has 1 amide bonds. The van der Waals surface area contributed by atoms with Crippen LogP contribution < -0.4 is 10.6 Å². The molecule has 2 N–H and O–H groups in total. The van der Waals surface area contributed by atoms with Crippen molar-refractivity contribution in [2.24, 2.45) is 11.8 Å². The second kappa shape index (κ2) is 9.30. The van der Waals surface area contributed by atoms with E-state index in [2.05, 4.69) is 15.6 Å². The van der Waals surface area contributed by atoms with Crippen molar-refractivity contribution in [2.75, 3.05) is 31.5 Å². The third kappa shape index (κ3) is 4.61. The summed E-state index contributed by atoms with van der Waals surface area (Å²) in [4.78, 5) is 19.3. The van der Waals surface area contributed by atoms with Crippen molar-refractivity contribution in [3.05, 3.63) is 52.1 Å². The van der Waals surface area contributed by atoms with Gasteiger partial charge < -0.3 is 15.5 Å². The van der Waals surface area contributed by atoms with E-state index in [4.69, 9.17) is 23.2 Å². The smallest absolute Gasteiger partial charge is 0.257 e. The summed E-state index contributed by atoms with van der Waals surface area (Å²) < 4.78 is 0. The molecule has 1 aromatic carbocycles. The number of rotatable bonds is 3. The van der Waals surface area contributed by atoms with Crippen LogP contribution in [0.5, 0.6) is 0 Å². The number of carbonyl (C=O) groups is 1. The molecule has 5 nitrogen and oxygen atoms in total. The standard InChI is InChI=1S/C18H18Cl2N4O.2ClH/c19-15-4-3-13(6-16(15)20)23-17-14(2-1-5-22-17)18(25)24-9-11-7-21-8-12(11)10-24;;/h1-6,11-12,21H,7-10H2,(H,22,23);2*1H/t11-,12+;;. The van der Waals surface area contributed by atoms with Gasteiger partial charge in [-0.05, 0) is 42.2 Å². The fourth-order valence-corrected chi connectivity index (χ4v) is 3.88. The summed E-state index contributed by atoms with van der Waals surface area (Å²) in [5, 5.41) is 7.51. The zero-order valence-corrected chi connectivity index (χ0v) is 17.5. The minimum absolute atomic E-state index is 0. The van der Waals surface area contributed by atoms with Gasteiger partial charge >= 0.3 is 0 Å². The molecular weight excluding hydrogens is 430 g/mol. The lowest BCUT2D eigenvalue weighted by molar-refractivity contribution is 0.0782. The minimum Gasteiger partial charge on any atom is -0.340 e. The van der Waals surface area contributed by atoms with Crippen molar-refractivity contribution in [3.63, 3.8) is 0 Å². The largest absolute Gasteiger partial charge is 0.340 e. The summed E-state index contributed by atoms with van der Waals surface area (Å²) >= 11 is 12.0. The third-order valence-electron chi connectivity index (χ3n) is 4.90. The van der Waals surface area contributed by atoms with Gasteiger partial charge in [0, 0.05) is 38.1 Å². The van der Waals surface area contributed by atoms with E-state index < -0.39 is 0 Å². The molecule has 0 unspecified atom stereocenters. The predicted molar refractivity (Wildman–Crippen MR) is 114 cm³/mol. The number of fused-ring (bicyclic) bond motifs is 1. The number of hydrogen-bond acceptors (Lipinski definition) is 4. The number of pyridine rings is 1. The first-order valence-corrected chi connectivity index (χ1v) is 9.04. The van der Waals surface area contributed by atoms with Crippen molar-refractivity contribution >= 4 is 65.4 Å². The molecule has 2 aliphatic heterocycles. The molecule has 3 heterocycles.